The molecule has 2 heteroatoms. The number of hydrogen-bond acceptors (Lipinski definition) is 2. The third kappa shape index (κ3) is 2.74. The van der Waals surface area contributed by atoms with E-state index in [1.165, 1.54) is 5.56 Å². The Morgan fingerprint density at radius 3 is 2.46 bits per heavy atom. The van der Waals surface area contributed by atoms with Gasteiger partial charge in [0.25, 0.3) is 0 Å². The highest BCUT2D eigenvalue weighted by Crippen LogP contribution is 2.24. The minimum absolute atomic E-state index is 0.186. The fourth-order valence-electron chi connectivity index (χ4n) is 1.17. The van der Waals surface area contributed by atoms with E-state index in [4.69, 9.17) is 4.84 Å². The quantitative estimate of drug-likeness (QED) is 0.705. The van der Waals surface area contributed by atoms with E-state index < -0.39 is 0 Å². The highest BCUT2D eigenvalue weighted by atomic mass is 16.6. The molecule has 0 radical (unpaired) electrons. The van der Waals surface area contributed by atoms with Gasteiger partial charge in [0.15, 0.2) is 0 Å². The number of anilines is 1. The third-order valence-electron chi connectivity index (χ3n) is 1.95. The molecule has 0 bridgehead atoms. The number of hydrogen-bond donors (Lipinski definition) is 1. The van der Waals surface area contributed by atoms with Crippen LogP contribution in [0.2, 0.25) is 0 Å². The molecule has 0 saturated heterocycles. The lowest BCUT2D eigenvalue weighted by atomic mass is 9.87. The van der Waals surface area contributed by atoms with E-state index in [2.05, 4.69) is 38.4 Å². The van der Waals surface area contributed by atoms with Crippen LogP contribution in [0.5, 0.6) is 0 Å². The molecular weight excluding hydrogens is 162 g/mol. The summed E-state index contributed by atoms with van der Waals surface area (Å²) in [4.78, 5) is 4.85. The van der Waals surface area contributed by atoms with Crippen molar-refractivity contribution in [3.8, 4) is 0 Å². The van der Waals surface area contributed by atoms with Gasteiger partial charge in [-0.2, -0.15) is 0 Å². The summed E-state index contributed by atoms with van der Waals surface area (Å²) < 4.78 is 0. The molecule has 1 N–H and O–H groups in total. The van der Waals surface area contributed by atoms with E-state index in [9.17, 15) is 0 Å². The molecule has 0 spiro atoms. The van der Waals surface area contributed by atoms with Crippen molar-refractivity contribution in [1.29, 1.82) is 0 Å². The second kappa shape index (κ2) is 3.79. The Morgan fingerprint density at radius 1 is 1.23 bits per heavy atom. The molecule has 1 aromatic rings. The first-order valence-electron chi connectivity index (χ1n) is 4.43. The summed E-state index contributed by atoms with van der Waals surface area (Å²) >= 11 is 0. The molecule has 0 aliphatic heterocycles. The van der Waals surface area contributed by atoms with Crippen LogP contribution >= 0.6 is 0 Å². The standard InChI is InChI=1S/C11H17NO/c1-11(2,3)9-6-5-7-10(8-9)12-13-4/h5-8,12H,1-4H3. The zero-order valence-electron chi connectivity index (χ0n) is 8.72. The maximum Gasteiger partial charge on any atom is 0.0636 e. The lowest BCUT2D eigenvalue weighted by molar-refractivity contribution is 0.271. The summed E-state index contributed by atoms with van der Waals surface area (Å²) in [6.45, 7) is 6.58. The Hall–Kier alpha value is -1.02. The summed E-state index contributed by atoms with van der Waals surface area (Å²) in [5, 5.41) is 0. The van der Waals surface area contributed by atoms with Gasteiger partial charge >= 0.3 is 0 Å². The van der Waals surface area contributed by atoms with Crippen LogP contribution in [-0.2, 0) is 10.3 Å². The van der Waals surface area contributed by atoms with Gasteiger partial charge in [-0.25, -0.2) is 0 Å². The van der Waals surface area contributed by atoms with Crippen LogP contribution in [0.3, 0.4) is 0 Å². The average molecular weight is 179 g/mol. The monoisotopic (exact) mass is 179 g/mol. The van der Waals surface area contributed by atoms with Crippen molar-refractivity contribution in [3.05, 3.63) is 29.8 Å². The smallest absolute Gasteiger partial charge is 0.0636 e. The van der Waals surface area contributed by atoms with Crippen LogP contribution in [0, 0.1) is 0 Å². The van der Waals surface area contributed by atoms with Crippen molar-refractivity contribution < 1.29 is 4.84 Å². The SMILES string of the molecule is CONc1cccc(C(C)(C)C)c1. The summed E-state index contributed by atoms with van der Waals surface area (Å²) in [7, 11) is 1.61. The van der Waals surface area contributed by atoms with E-state index in [1.54, 1.807) is 7.11 Å². The van der Waals surface area contributed by atoms with Gasteiger partial charge in [-0.1, -0.05) is 32.9 Å². The lowest BCUT2D eigenvalue weighted by Gasteiger charge is -2.19. The van der Waals surface area contributed by atoms with Crippen molar-refractivity contribution >= 4 is 5.69 Å². The molecule has 0 aliphatic rings. The zero-order chi connectivity index (χ0) is 9.90. The van der Waals surface area contributed by atoms with Crippen molar-refractivity contribution in [3.63, 3.8) is 0 Å². The minimum atomic E-state index is 0.186. The maximum atomic E-state index is 4.85. The Labute approximate surface area is 79.9 Å². The van der Waals surface area contributed by atoms with Gasteiger partial charge in [0.1, 0.15) is 0 Å². The zero-order valence-corrected chi connectivity index (χ0v) is 8.72. The van der Waals surface area contributed by atoms with Gasteiger partial charge in [-0.05, 0) is 23.1 Å². The predicted molar refractivity (Wildman–Crippen MR) is 55.8 cm³/mol. The summed E-state index contributed by atoms with van der Waals surface area (Å²) in [6, 6.07) is 8.24. The normalized spacial score (nSPS) is 11.4. The van der Waals surface area contributed by atoms with Crippen LogP contribution in [0.15, 0.2) is 24.3 Å². The van der Waals surface area contributed by atoms with Crippen LogP contribution in [0.1, 0.15) is 26.3 Å². The Balaban J connectivity index is 2.92. The lowest BCUT2D eigenvalue weighted by Crippen LogP contribution is -2.11. The fraction of sp³-hybridized carbons (Fsp3) is 0.455. The van der Waals surface area contributed by atoms with Gasteiger partial charge < -0.3 is 0 Å². The highest BCUT2D eigenvalue weighted by Gasteiger charge is 2.13. The number of nitrogens with one attached hydrogen (secondary N) is 1. The first-order valence-corrected chi connectivity index (χ1v) is 4.43. The molecule has 0 unspecified atom stereocenters. The van der Waals surface area contributed by atoms with Crippen molar-refractivity contribution in [1.82, 2.24) is 0 Å². The molecule has 1 aromatic carbocycles. The van der Waals surface area contributed by atoms with Crippen molar-refractivity contribution in [2.24, 2.45) is 0 Å². The van der Waals surface area contributed by atoms with Gasteiger partial charge in [0.2, 0.25) is 0 Å². The van der Waals surface area contributed by atoms with Crippen LogP contribution in [0.4, 0.5) is 5.69 Å². The van der Waals surface area contributed by atoms with E-state index in [-0.39, 0.29) is 5.41 Å². The number of rotatable bonds is 2. The van der Waals surface area contributed by atoms with Crippen molar-refractivity contribution in [2.45, 2.75) is 26.2 Å². The predicted octanol–water partition coefficient (Wildman–Crippen LogP) is 2.96. The third-order valence-corrected chi connectivity index (χ3v) is 1.95. The van der Waals surface area contributed by atoms with Gasteiger partial charge in [-0.15, -0.1) is 0 Å². The van der Waals surface area contributed by atoms with E-state index >= 15 is 0 Å². The average Bonchev–Trinajstić information content (AvgIpc) is 2.04. The molecule has 13 heavy (non-hydrogen) atoms. The molecule has 72 valence electrons. The largest absolute Gasteiger partial charge is 0.279 e. The molecule has 0 atom stereocenters. The molecule has 0 saturated carbocycles. The molecule has 0 aliphatic carbocycles. The maximum absolute atomic E-state index is 4.85. The summed E-state index contributed by atoms with van der Waals surface area (Å²) in [5.41, 5.74) is 5.30. The summed E-state index contributed by atoms with van der Waals surface area (Å²) in [6.07, 6.45) is 0. The molecule has 1 rings (SSSR count). The van der Waals surface area contributed by atoms with Gasteiger partial charge in [0.05, 0.1) is 12.8 Å². The van der Waals surface area contributed by atoms with Gasteiger partial charge in [0, 0.05) is 0 Å². The highest BCUT2D eigenvalue weighted by molar-refractivity contribution is 5.45. The first kappa shape index (κ1) is 10.1. The molecule has 0 fully saturated rings. The first-order chi connectivity index (χ1) is 6.04. The van der Waals surface area contributed by atoms with E-state index in [0.717, 1.165) is 5.69 Å². The van der Waals surface area contributed by atoms with Crippen LogP contribution in [0.25, 0.3) is 0 Å². The second-order valence-electron chi connectivity index (χ2n) is 4.14. The topological polar surface area (TPSA) is 21.3 Å². The van der Waals surface area contributed by atoms with Gasteiger partial charge in [-0.3, -0.25) is 10.3 Å². The fourth-order valence-corrected chi connectivity index (χ4v) is 1.17. The van der Waals surface area contributed by atoms with E-state index in [0.29, 0.717) is 0 Å². The second-order valence-corrected chi connectivity index (χ2v) is 4.14. The Bertz CT molecular complexity index is 276. The molecule has 0 aromatic heterocycles. The molecule has 0 heterocycles. The van der Waals surface area contributed by atoms with E-state index in [1.807, 2.05) is 12.1 Å². The van der Waals surface area contributed by atoms with Crippen molar-refractivity contribution in [2.75, 3.05) is 12.6 Å². The molecule has 0 amide bonds. The Morgan fingerprint density at radius 2 is 1.92 bits per heavy atom. The number of benzene rings is 1. The van der Waals surface area contributed by atoms with Crippen LogP contribution < -0.4 is 5.48 Å². The summed E-state index contributed by atoms with van der Waals surface area (Å²) in [5.74, 6) is 0. The minimum Gasteiger partial charge on any atom is -0.279 e. The molecule has 2 nitrogen and oxygen atoms in total. The Kier molecular flexibility index (Phi) is 2.94. The molecular formula is C11H17NO. The van der Waals surface area contributed by atoms with Crippen LogP contribution in [-0.4, -0.2) is 7.11 Å².